The third-order valence-electron chi connectivity index (χ3n) is 3.34. The van der Waals surface area contributed by atoms with Gasteiger partial charge in [0.2, 0.25) is 0 Å². The molecule has 1 N–H and O–H groups in total. The monoisotopic (exact) mass is 233 g/mol. The van der Waals surface area contributed by atoms with E-state index in [4.69, 9.17) is 4.74 Å². The minimum atomic E-state index is 0.677. The number of hydrogen-bond donors (Lipinski definition) is 1. The topological polar surface area (TPSA) is 21.3 Å². The molecule has 1 aliphatic carbocycles. The molecule has 2 rings (SSSR count). The second-order valence-corrected chi connectivity index (χ2v) is 4.83. The average molecular weight is 233 g/mol. The fourth-order valence-electron chi connectivity index (χ4n) is 2.24. The Bertz CT molecular complexity index is 308. The van der Waals surface area contributed by atoms with Gasteiger partial charge in [-0.25, -0.2) is 0 Å². The first-order valence-electron chi connectivity index (χ1n) is 6.75. The largest absolute Gasteiger partial charge is 0.377 e. The molecule has 0 amide bonds. The van der Waals surface area contributed by atoms with Gasteiger partial charge in [0, 0.05) is 12.6 Å². The lowest BCUT2D eigenvalue weighted by molar-refractivity contribution is 0.109. The third kappa shape index (κ3) is 4.49. The predicted molar refractivity (Wildman–Crippen MR) is 70.9 cm³/mol. The van der Waals surface area contributed by atoms with Crippen LogP contribution in [0.4, 0.5) is 0 Å². The van der Waals surface area contributed by atoms with Crippen molar-refractivity contribution in [1.82, 2.24) is 5.32 Å². The minimum absolute atomic E-state index is 0.677. The summed E-state index contributed by atoms with van der Waals surface area (Å²) in [5.41, 5.74) is 1.26. The standard InChI is InChI=1S/C15H23NO/c1-2-16-15(14-8-9-14)10-11-17-12-13-6-4-3-5-7-13/h3-7,14-16H,2,8-12H2,1H3. The quantitative estimate of drug-likeness (QED) is 0.697. The van der Waals surface area contributed by atoms with Crippen LogP contribution in [0, 0.1) is 5.92 Å². The van der Waals surface area contributed by atoms with Gasteiger partial charge in [0.15, 0.2) is 0 Å². The highest BCUT2D eigenvalue weighted by Crippen LogP contribution is 2.33. The lowest BCUT2D eigenvalue weighted by Crippen LogP contribution is -2.32. The van der Waals surface area contributed by atoms with Crippen LogP contribution in [0.3, 0.4) is 0 Å². The molecule has 2 nitrogen and oxygen atoms in total. The molecule has 0 radical (unpaired) electrons. The molecule has 17 heavy (non-hydrogen) atoms. The van der Waals surface area contributed by atoms with E-state index in [-0.39, 0.29) is 0 Å². The molecule has 0 aliphatic heterocycles. The maximum atomic E-state index is 5.73. The molecule has 0 spiro atoms. The van der Waals surface area contributed by atoms with Crippen molar-refractivity contribution < 1.29 is 4.74 Å². The zero-order valence-electron chi connectivity index (χ0n) is 10.7. The number of nitrogens with one attached hydrogen (secondary N) is 1. The summed E-state index contributed by atoms with van der Waals surface area (Å²) in [6, 6.07) is 11.1. The van der Waals surface area contributed by atoms with Crippen molar-refractivity contribution in [1.29, 1.82) is 0 Å². The first-order chi connectivity index (χ1) is 8.40. The second-order valence-electron chi connectivity index (χ2n) is 4.83. The summed E-state index contributed by atoms with van der Waals surface area (Å²) in [4.78, 5) is 0. The number of benzene rings is 1. The molecule has 1 unspecified atom stereocenters. The van der Waals surface area contributed by atoms with E-state index in [2.05, 4.69) is 36.5 Å². The molecule has 2 heteroatoms. The Morgan fingerprint density at radius 1 is 1.29 bits per heavy atom. The Morgan fingerprint density at radius 3 is 2.71 bits per heavy atom. The summed E-state index contributed by atoms with van der Waals surface area (Å²) in [5.74, 6) is 0.912. The Hall–Kier alpha value is -0.860. The van der Waals surface area contributed by atoms with Crippen LogP contribution in [0.25, 0.3) is 0 Å². The minimum Gasteiger partial charge on any atom is -0.377 e. The first kappa shape index (κ1) is 12.6. The Morgan fingerprint density at radius 2 is 2.06 bits per heavy atom. The molecule has 0 aromatic heterocycles. The highest BCUT2D eigenvalue weighted by molar-refractivity contribution is 5.13. The highest BCUT2D eigenvalue weighted by Gasteiger charge is 2.29. The molecular formula is C15H23NO. The SMILES string of the molecule is CCNC(CCOCc1ccccc1)C1CC1. The lowest BCUT2D eigenvalue weighted by Gasteiger charge is -2.17. The van der Waals surface area contributed by atoms with E-state index in [1.54, 1.807) is 0 Å². The molecule has 94 valence electrons. The van der Waals surface area contributed by atoms with Crippen LogP contribution in [0.15, 0.2) is 30.3 Å². The van der Waals surface area contributed by atoms with Crippen LogP contribution >= 0.6 is 0 Å². The van der Waals surface area contributed by atoms with Gasteiger partial charge in [-0.1, -0.05) is 37.3 Å². The first-order valence-corrected chi connectivity index (χ1v) is 6.75. The van der Waals surface area contributed by atoms with Crippen molar-refractivity contribution in [3.8, 4) is 0 Å². The molecule has 1 aliphatic rings. The summed E-state index contributed by atoms with van der Waals surface area (Å²) in [6.07, 6.45) is 3.94. The van der Waals surface area contributed by atoms with Gasteiger partial charge in [0.1, 0.15) is 0 Å². The van der Waals surface area contributed by atoms with Crippen molar-refractivity contribution in [2.24, 2.45) is 5.92 Å². The van der Waals surface area contributed by atoms with Gasteiger partial charge in [-0.15, -0.1) is 0 Å². The van der Waals surface area contributed by atoms with Gasteiger partial charge in [-0.2, -0.15) is 0 Å². The Labute approximate surface area is 104 Å². The number of hydrogen-bond acceptors (Lipinski definition) is 2. The fraction of sp³-hybridized carbons (Fsp3) is 0.600. The van der Waals surface area contributed by atoms with E-state index >= 15 is 0 Å². The maximum Gasteiger partial charge on any atom is 0.0716 e. The smallest absolute Gasteiger partial charge is 0.0716 e. The number of rotatable bonds is 8. The summed E-state index contributed by atoms with van der Waals surface area (Å²) < 4.78 is 5.73. The average Bonchev–Trinajstić information content (AvgIpc) is 3.19. The van der Waals surface area contributed by atoms with Crippen LogP contribution in [0.5, 0.6) is 0 Å². The van der Waals surface area contributed by atoms with Crippen molar-refractivity contribution in [3.05, 3.63) is 35.9 Å². The lowest BCUT2D eigenvalue weighted by atomic mass is 10.1. The maximum absolute atomic E-state index is 5.73. The Kier molecular flexibility index (Phi) is 5.02. The van der Waals surface area contributed by atoms with Crippen LogP contribution in [0.2, 0.25) is 0 Å². The van der Waals surface area contributed by atoms with Crippen molar-refractivity contribution >= 4 is 0 Å². The molecule has 0 heterocycles. The summed E-state index contributed by atoms with van der Waals surface area (Å²) in [6.45, 7) is 4.85. The van der Waals surface area contributed by atoms with E-state index < -0.39 is 0 Å². The highest BCUT2D eigenvalue weighted by atomic mass is 16.5. The predicted octanol–water partition coefficient (Wildman–Crippen LogP) is 2.98. The summed E-state index contributed by atoms with van der Waals surface area (Å²) in [5, 5.41) is 3.56. The zero-order chi connectivity index (χ0) is 11.9. The van der Waals surface area contributed by atoms with Crippen LogP contribution in [-0.2, 0) is 11.3 Å². The van der Waals surface area contributed by atoms with Crippen LogP contribution < -0.4 is 5.32 Å². The molecule has 1 fully saturated rings. The fourth-order valence-corrected chi connectivity index (χ4v) is 2.24. The Balaban J connectivity index is 1.61. The van der Waals surface area contributed by atoms with E-state index in [1.807, 2.05) is 6.07 Å². The third-order valence-corrected chi connectivity index (χ3v) is 3.34. The van der Waals surface area contributed by atoms with Gasteiger partial charge >= 0.3 is 0 Å². The van der Waals surface area contributed by atoms with E-state index in [0.717, 1.165) is 32.1 Å². The zero-order valence-corrected chi connectivity index (χ0v) is 10.7. The molecule has 1 saturated carbocycles. The number of ether oxygens (including phenoxy) is 1. The van der Waals surface area contributed by atoms with E-state index in [0.29, 0.717) is 6.04 Å². The summed E-state index contributed by atoms with van der Waals surface area (Å²) >= 11 is 0. The van der Waals surface area contributed by atoms with Gasteiger partial charge in [0.25, 0.3) is 0 Å². The van der Waals surface area contributed by atoms with Crippen LogP contribution in [0.1, 0.15) is 31.7 Å². The molecule has 1 atom stereocenters. The van der Waals surface area contributed by atoms with Gasteiger partial charge in [0.05, 0.1) is 6.61 Å². The van der Waals surface area contributed by atoms with E-state index in [9.17, 15) is 0 Å². The van der Waals surface area contributed by atoms with Gasteiger partial charge in [-0.05, 0) is 37.3 Å². The normalized spacial score (nSPS) is 17.0. The molecular weight excluding hydrogens is 210 g/mol. The molecule has 0 saturated heterocycles. The summed E-state index contributed by atoms with van der Waals surface area (Å²) in [7, 11) is 0. The van der Waals surface area contributed by atoms with Crippen LogP contribution in [-0.4, -0.2) is 19.2 Å². The van der Waals surface area contributed by atoms with Crippen molar-refractivity contribution in [3.63, 3.8) is 0 Å². The molecule has 0 bridgehead atoms. The van der Waals surface area contributed by atoms with Gasteiger partial charge < -0.3 is 10.1 Å². The second kappa shape index (κ2) is 6.77. The van der Waals surface area contributed by atoms with E-state index in [1.165, 1.54) is 18.4 Å². The van der Waals surface area contributed by atoms with Crippen molar-refractivity contribution in [2.45, 2.75) is 38.8 Å². The molecule has 1 aromatic carbocycles. The van der Waals surface area contributed by atoms with Gasteiger partial charge in [-0.3, -0.25) is 0 Å². The van der Waals surface area contributed by atoms with Crippen molar-refractivity contribution in [2.75, 3.05) is 13.2 Å². The molecule has 1 aromatic rings.